The number of benzene rings is 1. The highest BCUT2D eigenvalue weighted by Crippen LogP contribution is 2.42. The van der Waals surface area contributed by atoms with Crippen molar-refractivity contribution in [1.29, 1.82) is 0 Å². The predicted molar refractivity (Wildman–Crippen MR) is 102 cm³/mol. The summed E-state index contributed by atoms with van der Waals surface area (Å²) in [7, 11) is 3.43. The third-order valence-electron chi connectivity index (χ3n) is 5.61. The average molecular weight is 366 g/mol. The molecule has 2 aliphatic rings. The highest BCUT2D eigenvalue weighted by molar-refractivity contribution is 6.04. The molecule has 0 radical (unpaired) electrons. The van der Waals surface area contributed by atoms with Crippen molar-refractivity contribution in [3.63, 3.8) is 0 Å². The topological polar surface area (TPSA) is 75.4 Å². The fraction of sp³-hybridized carbons (Fsp3) is 0.579. The molecule has 0 heterocycles. The lowest BCUT2D eigenvalue weighted by Gasteiger charge is -2.43. The maximum atomic E-state index is 12.8. The van der Waals surface area contributed by atoms with Gasteiger partial charge < -0.3 is 16.0 Å². The van der Waals surface area contributed by atoms with E-state index >= 15 is 0 Å². The normalized spacial score (nSPS) is 27.8. The summed E-state index contributed by atoms with van der Waals surface area (Å²) in [6.07, 6.45) is 5.24. The van der Waals surface area contributed by atoms with Gasteiger partial charge in [-0.05, 0) is 49.7 Å². The second kappa shape index (κ2) is 8.19. The van der Waals surface area contributed by atoms with E-state index in [1.807, 2.05) is 12.1 Å². The molecule has 1 aromatic carbocycles. The lowest BCUT2D eigenvalue weighted by molar-refractivity contribution is -0.122. The average Bonchev–Trinajstić information content (AvgIpc) is 2.54. The van der Waals surface area contributed by atoms with Gasteiger partial charge in [-0.25, -0.2) is 0 Å². The summed E-state index contributed by atoms with van der Waals surface area (Å²) in [6, 6.07) is 7.46. The van der Waals surface area contributed by atoms with Gasteiger partial charge in [-0.15, -0.1) is 12.4 Å². The third-order valence-corrected chi connectivity index (χ3v) is 5.61. The molecule has 2 amide bonds. The van der Waals surface area contributed by atoms with Crippen molar-refractivity contribution >= 4 is 29.9 Å². The van der Waals surface area contributed by atoms with Crippen molar-refractivity contribution in [2.24, 2.45) is 23.5 Å². The Balaban J connectivity index is 0.00000225. The summed E-state index contributed by atoms with van der Waals surface area (Å²) in [6.45, 7) is 0. The van der Waals surface area contributed by atoms with E-state index in [4.69, 9.17) is 5.73 Å². The second-order valence-electron chi connectivity index (χ2n) is 7.43. The van der Waals surface area contributed by atoms with Crippen LogP contribution in [0.15, 0.2) is 24.3 Å². The second-order valence-corrected chi connectivity index (χ2v) is 7.43. The van der Waals surface area contributed by atoms with Gasteiger partial charge in [0.2, 0.25) is 5.91 Å². The highest BCUT2D eigenvalue weighted by atomic mass is 35.5. The first kappa shape index (κ1) is 19.7. The molecule has 0 aromatic heterocycles. The van der Waals surface area contributed by atoms with Crippen LogP contribution in [0.5, 0.6) is 0 Å². The number of carbonyl (C=O) groups excluding carboxylic acids is 2. The number of fused-ring (bicyclic) bond motifs is 2. The van der Waals surface area contributed by atoms with E-state index < -0.39 is 0 Å². The quantitative estimate of drug-likeness (QED) is 0.864. The van der Waals surface area contributed by atoms with E-state index in [1.54, 1.807) is 26.2 Å². The van der Waals surface area contributed by atoms with E-state index in [-0.39, 0.29) is 36.2 Å². The number of anilines is 1. The maximum absolute atomic E-state index is 12.8. The minimum atomic E-state index is -0.103. The molecule has 2 unspecified atom stereocenters. The first-order chi connectivity index (χ1) is 11.5. The summed E-state index contributed by atoms with van der Waals surface area (Å²) in [5, 5.41) is 2.99. The Labute approximate surface area is 155 Å². The van der Waals surface area contributed by atoms with Crippen LogP contribution in [-0.2, 0) is 4.79 Å². The Morgan fingerprint density at radius 3 is 2.32 bits per heavy atom. The van der Waals surface area contributed by atoms with Gasteiger partial charge in [0, 0.05) is 26.1 Å². The number of amides is 2. The van der Waals surface area contributed by atoms with Crippen LogP contribution in [-0.4, -0.2) is 36.9 Å². The van der Waals surface area contributed by atoms with Gasteiger partial charge in [0.1, 0.15) is 0 Å². The van der Waals surface area contributed by atoms with Crippen LogP contribution in [0, 0.1) is 17.8 Å². The van der Waals surface area contributed by atoms with Crippen molar-refractivity contribution in [3.05, 3.63) is 29.8 Å². The molecule has 0 spiro atoms. The number of rotatable bonds is 3. The molecule has 6 heteroatoms. The minimum Gasteiger partial charge on any atom is -0.345 e. The SMILES string of the molecule is CN(C)C(=O)c1ccccc1NC(=O)C1CC2CCCC(C1)C2N.Cl. The fourth-order valence-electron chi connectivity index (χ4n) is 4.26. The van der Waals surface area contributed by atoms with Gasteiger partial charge in [0.15, 0.2) is 0 Å². The molecule has 138 valence electrons. The number of carbonyl (C=O) groups is 2. The largest absolute Gasteiger partial charge is 0.345 e. The van der Waals surface area contributed by atoms with Crippen molar-refractivity contribution in [1.82, 2.24) is 4.90 Å². The highest BCUT2D eigenvalue weighted by Gasteiger charge is 2.40. The monoisotopic (exact) mass is 365 g/mol. The van der Waals surface area contributed by atoms with Crippen LogP contribution >= 0.6 is 12.4 Å². The van der Waals surface area contributed by atoms with Crippen molar-refractivity contribution in [3.8, 4) is 0 Å². The van der Waals surface area contributed by atoms with E-state index in [2.05, 4.69) is 5.32 Å². The number of halogens is 1. The molecule has 0 aliphatic heterocycles. The summed E-state index contributed by atoms with van der Waals surface area (Å²) < 4.78 is 0. The Morgan fingerprint density at radius 1 is 1.12 bits per heavy atom. The Hall–Kier alpha value is -1.59. The van der Waals surface area contributed by atoms with E-state index in [9.17, 15) is 9.59 Å². The number of nitrogens with zero attached hydrogens (tertiary/aromatic N) is 1. The summed E-state index contributed by atoms with van der Waals surface area (Å²) in [5.41, 5.74) is 7.44. The zero-order valence-electron chi connectivity index (χ0n) is 14.9. The Morgan fingerprint density at radius 2 is 1.72 bits per heavy atom. The molecule has 5 nitrogen and oxygen atoms in total. The molecule has 2 atom stereocenters. The molecule has 2 aliphatic carbocycles. The molecular weight excluding hydrogens is 338 g/mol. The number of hydrogen-bond donors (Lipinski definition) is 2. The van der Waals surface area contributed by atoms with Gasteiger partial charge in [0.25, 0.3) is 5.91 Å². The van der Waals surface area contributed by atoms with Crippen LogP contribution in [0.2, 0.25) is 0 Å². The summed E-state index contributed by atoms with van der Waals surface area (Å²) in [5.74, 6) is 0.854. The molecule has 3 rings (SSSR count). The van der Waals surface area contributed by atoms with Crippen LogP contribution in [0.4, 0.5) is 5.69 Å². The smallest absolute Gasteiger partial charge is 0.255 e. The molecular formula is C19H28ClN3O2. The van der Waals surface area contributed by atoms with Gasteiger partial charge in [-0.1, -0.05) is 18.6 Å². The maximum Gasteiger partial charge on any atom is 0.255 e. The van der Waals surface area contributed by atoms with Crippen LogP contribution in [0.3, 0.4) is 0 Å². The lowest BCUT2D eigenvalue weighted by Crippen LogP contribution is -2.48. The van der Waals surface area contributed by atoms with Crippen LogP contribution < -0.4 is 11.1 Å². The number of nitrogens with two attached hydrogens (primary N) is 1. The van der Waals surface area contributed by atoms with E-state index in [0.717, 1.165) is 25.7 Å². The van der Waals surface area contributed by atoms with Crippen LogP contribution in [0.25, 0.3) is 0 Å². The van der Waals surface area contributed by atoms with E-state index in [0.29, 0.717) is 23.1 Å². The zero-order valence-corrected chi connectivity index (χ0v) is 15.7. The Bertz CT molecular complexity index is 621. The first-order valence-corrected chi connectivity index (χ1v) is 8.84. The fourth-order valence-corrected chi connectivity index (χ4v) is 4.26. The van der Waals surface area contributed by atoms with Gasteiger partial charge in [-0.2, -0.15) is 0 Å². The van der Waals surface area contributed by atoms with Crippen molar-refractivity contribution in [2.45, 2.75) is 38.1 Å². The summed E-state index contributed by atoms with van der Waals surface area (Å²) in [4.78, 5) is 26.6. The minimum absolute atomic E-state index is 0. The molecule has 2 bridgehead atoms. The molecule has 2 fully saturated rings. The van der Waals surface area contributed by atoms with Gasteiger partial charge in [0.05, 0.1) is 11.3 Å². The number of para-hydroxylation sites is 1. The van der Waals surface area contributed by atoms with E-state index in [1.165, 1.54) is 11.3 Å². The first-order valence-electron chi connectivity index (χ1n) is 8.84. The number of nitrogens with one attached hydrogen (secondary N) is 1. The zero-order chi connectivity index (χ0) is 17.3. The van der Waals surface area contributed by atoms with Crippen molar-refractivity contribution < 1.29 is 9.59 Å². The van der Waals surface area contributed by atoms with Gasteiger partial charge >= 0.3 is 0 Å². The Kier molecular flexibility index (Phi) is 6.47. The number of hydrogen-bond acceptors (Lipinski definition) is 3. The molecule has 25 heavy (non-hydrogen) atoms. The molecule has 0 saturated heterocycles. The summed E-state index contributed by atoms with van der Waals surface area (Å²) >= 11 is 0. The molecule has 3 N–H and O–H groups in total. The standard InChI is InChI=1S/C19H27N3O2.ClH/c1-22(2)19(24)15-8-3-4-9-16(15)21-18(23)14-10-12-6-5-7-13(11-14)17(12)20;/h3-4,8-9,12-14,17H,5-7,10-11,20H2,1-2H3,(H,21,23);1H. The van der Waals surface area contributed by atoms with Gasteiger partial charge in [-0.3, -0.25) is 9.59 Å². The lowest BCUT2D eigenvalue weighted by atomic mass is 9.65. The third kappa shape index (κ3) is 4.15. The van der Waals surface area contributed by atoms with Crippen molar-refractivity contribution in [2.75, 3.05) is 19.4 Å². The molecule has 1 aromatic rings. The predicted octanol–water partition coefficient (Wildman–Crippen LogP) is 2.90. The van der Waals surface area contributed by atoms with Crippen LogP contribution in [0.1, 0.15) is 42.5 Å². The molecule has 2 saturated carbocycles.